The molecular weight excluding hydrogens is 549 g/mol. The van der Waals surface area contributed by atoms with E-state index in [0.717, 1.165) is 57.5 Å². The Kier molecular flexibility index (Phi) is 8.38. The maximum absolute atomic E-state index is 13.4. The van der Waals surface area contributed by atoms with Crippen molar-refractivity contribution in [2.75, 3.05) is 26.2 Å². The molecule has 3 aliphatic rings. The number of aryl methyl sites for hydroxylation is 1. The van der Waals surface area contributed by atoms with Crippen LogP contribution in [0.2, 0.25) is 0 Å². The smallest absolute Gasteiger partial charge is 0.487 e. The van der Waals surface area contributed by atoms with Crippen LogP contribution in [0.5, 0.6) is 5.75 Å². The zero-order valence-corrected chi connectivity index (χ0v) is 24.1. The van der Waals surface area contributed by atoms with Crippen molar-refractivity contribution in [1.29, 1.82) is 0 Å². The van der Waals surface area contributed by atoms with E-state index >= 15 is 0 Å². The number of halogens is 3. The number of fused-ring (bicyclic) bond motifs is 1. The third-order valence-corrected chi connectivity index (χ3v) is 8.88. The Balaban J connectivity index is 1.12. The fourth-order valence-corrected chi connectivity index (χ4v) is 6.48. The molecule has 1 amide bonds. The van der Waals surface area contributed by atoms with E-state index in [1.54, 1.807) is 24.3 Å². The lowest BCUT2D eigenvalue weighted by atomic mass is 9.71. The zero-order chi connectivity index (χ0) is 30.1. The molecule has 42 heavy (non-hydrogen) atoms. The van der Waals surface area contributed by atoms with Gasteiger partial charge in [-0.2, -0.15) is 13.2 Å². The van der Waals surface area contributed by atoms with Gasteiger partial charge in [-0.1, -0.05) is 36.4 Å². The summed E-state index contributed by atoms with van der Waals surface area (Å²) in [4.78, 5) is 40.5. The van der Waals surface area contributed by atoms with Gasteiger partial charge in [-0.25, -0.2) is 4.79 Å². The fourth-order valence-electron chi connectivity index (χ4n) is 6.48. The molecule has 0 aromatic heterocycles. The molecule has 0 bridgehead atoms. The van der Waals surface area contributed by atoms with Crippen molar-refractivity contribution in [3.8, 4) is 5.75 Å². The molecule has 0 N–H and O–H groups in total. The van der Waals surface area contributed by atoms with Gasteiger partial charge >= 0.3 is 18.1 Å². The number of piperidine rings is 2. The molecule has 0 saturated carbocycles. The molecule has 2 aromatic carbocycles. The highest BCUT2D eigenvalue weighted by molar-refractivity contribution is 5.96. The highest BCUT2D eigenvalue weighted by atomic mass is 19.4. The number of nitrogens with zero attached hydrogens (tertiary/aromatic N) is 2. The number of para-hydroxylation sites is 1. The predicted molar refractivity (Wildman–Crippen MR) is 149 cm³/mol. The van der Waals surface area contributed by atoms with Crippen molar-refractivity contribution < 1.29 is 37.0 Å². The number of hydrogen-bond acceptors (Lipinski definition) is 6. The summed E-state index contributed by atoms with van der Waals surface area (Å²) in [6.07, 6.45) is -0.780. The van der Waals surface area contributed by atoms with Crippen molar-refractivity contribution in [3.63, 3.8) is 0 Å². The third kappa shape index (κ3) is 6.80. The number of hydrogen-bond donors (Lipinski definition) is 0. The second-order valence-corrected chi connectivity index (χ2v) is 12.4. The summed E-state index contributed by atoms with van der Waals surface area (Å²) in [5, 5.41) is 0. The van der Waals surface area contributed by atoms with E-state index in [4.69, 9.17) is 4.74 Å². The van der Waals surface area contributed by atoms with Crippen LogP contribution in [0.4, 0.5) is 13.2 Å². The summed E-state index contributed by atoms with van der Waals surface area (Å²) in [5.74, 6) is -2.93. The zero-order valence-electron chi connectivity index (χ0n) is 24.1. The number of carbonyl (C=O) groups is 3. The monoisotopic (exact) mass is 586 g/mol. The molecule has 3 aliphatic heterocycles. The standard InChI is InChI=1S/C32H37F3N2O5/c1-30(2)20-23-7-5-8-24(27(23)42-30)21-36-16-12-31(13-17-36)14-18-37(19-15-31)28(39)25-9-4-3-6-22(25)10-11-26(38)41-29(40)32(33,34)35/h3-9H,10-21H2,1-2H3. The molecule has 10 heteroatoms. The lowest BCUT2D eigenvalue weighted by molar-refractivity contribution is -0.201. The number of likely N-dealkylation sites (tertiary alicyclic amines) is 2. The Hall–Kier alpha value is -3.40. The van der Waals surface area contributed by atoms with Crippen LogP contribution in [0.3, 0.4) is 0 Å². The number of carbonyl (C=O) groups excluding carboxylic acids is 3. The van der Waals surface area contributed by atoms with E-state index in [9.17, 15) is 27.6 Å². The van der Waals surface area contributed by atoms with Gasteiger partial charge in [-0.05, 0) is 81.6 Å². The fraction of sp³-hybridized carbons (Fsp3) is 0.531. The molecule has 0 unspecified atom stereocenters. The first kappa shape index (κ1) is 30.1. The Bertz CT molecular complexity index is 1340. The number of alkyl halides is 3. The third-order valence-electron chi connectivity index (χ3n) is 8.88. The van der Waals surface area contributed by atoms with E-state index in [1.807, 2.05) is 4.90 Å². The van der Waals surface area contributed by atoms with Crippen LogP contribution in [0.25, 0.3) is 0 Å². The van der Waals surface area contributed by atoms with Crippen molar-refractivity contribution in [3.05, 3.63) is 64.7 Å². The van der Waals surface area contributed by atoms with E-state index in [-0.39, 0.29) is 23.3 Å². The predicted octanol–water partition coefficient (Wildman–Crippen LogP) is 5.48. The van der Waals surface area contributed by atoms with Crippen molar-refractivity contribution in [2.24, 2.45) is 5.41 Å². The minimum atomic E-state index is -5.24. The molecule has 0 radical (unpaired) electrons. The van der Waals surface area contributed by atoms with Crippen LogP contribution in [0.15, 0.2) is 42.5 Å². The molecule has 0 atom stereocenters. The first-order valence-corrected chi connectivity index (χ1v) is 14.6. The molecule has 5 rings (SSSR count). The van der Waals surface area contributed by atoms with Crippen LogP contribution in [0.1, 0.15) is 73.0 Å². The van der Waals surface area contributed by atoms with Gasteiger partial charge in [-0.3, -0.25) is 14.5 Å². The summed E-state index contributed by atoms with van der Waals surface area (Å²) in [7, 11) is 0. The topological polar surface area (TPSA) is 76.2 Å². The van der Waals surface area contributed by atoms with Crippen molar-refractivity contribution in [2.45, 2.75) is 77.1 Å². The maximum Gasteiger partial charge on any atom is 0.491 e. The maximum atomic E-state index is 13.4. The summed E-state index contributed by atoms with van der Waals surface area (Å²) >= 11 is 0. The Morgan fingerprint density at radius 2 is 1.55 bits per heavy atom. The normalized spacial score (nSPS) is 19.7. The average molecular weight is 587 g/mol. The highest BCUT2D eigenvalue weighted by Gasteiger charge is 2.42. The number of ether oxygens (including phenoxy) is 2. The summed E-state index contributed by atoms with van der Waals surface area (Å²) in [6, 6.07) is 13.2. The van der Waals surface area contributed by atoms with E-state index in [0.29, 0.717) is 24.2 Å². The van der Waals surface area contributed by atoms with Gasteiger partial charge in [0.15, 0.2) is 0 Å². The molecule has 0 aliphatic carbocycles. The molecule has 2 fully saturated rings. The van der Waals surface area contributed by atoms with Gasteiger partial charge in [0.05, 0.1) is 6.42 Å². The SMILES string of the molecule is CC1(C)Cc2cccc(CN3CCC4(CC3)CCN(C(=O)c3ccccc3CCC(=O)OC(=O)C(F)(F)F)CC4)c2O1. The largest absolute Gasteiger partial charge is 0.491 e. The lowest BCUT2D eigenvalue weighted by Crippen LogP contribution is -2.48. The molecule has 2 saturated heterocycles. The number of rotatable bonds is 6. The number of amides is 1. The summed E-state index contributed by atoms with van der Waals surface area (Å²) < 4.78 is 47.3. The molecule has 226 valence electrons. The summed E-state index contributed by atoms with van der Waals surface area (Å²) in [5.41, 5.74) is 3.51. The quantitative estimate of drug-likeness (QED) is 0.330. The molecule has 1 spiro atoms. The highest BCUT2D eigenvalue weighted by Crippen LogP contribution is 2.43. The van der Waals surface area contributed by atoms with Crippen LogP contribution in [-0.2, 0) is 33.7 Å². The van der Waals surface area contributed by atoms with Gasteiger partial charge < -0.3 is 14.4 Å². The molecule has 2 aromatic rings. The van der Waals surface area contributed by atoms with Crippen LogP contribution in [-0.4, -0.2) is 65.6 Å². The van der Waals surface area contributed by atoms with E-state index in [2.05, 4.69) is 41.7 Å². The number of benzene rings is 2. The van der Waals surface area contributed by atoms with Crippen molar-refractivity contribution in [1.82, 2.24) is 9.80 Å². The summed E-state index contributed by atoms with van der Waals surface area (Å²) in [6.45, 7) is 8.37. The van der Waals surface area contributed by atoms with Crippen LogP contribution < -0.4 is 4.74 Å². The first-order valence-electron chi connectivity index (χ1n) is 14.6. The second-order valence-electron chi connectivity index (χ2n) is 12.4. The first-order chi connectivity index (χ1) is 19.8. The van der Waals surface area contributed by atoms with Gasteiger partial charge in [0.25, 0.3) is 5.91 Å². The average Bonchev–Trinajstić information content (AvgIpc) is 3.28. The van der Waals surface area contributed by atoms with E-state index < -0.39 is 24.5 Å². The van der Waals surface area contributed by atoms with Gasteiger partial charge in [0.1, 0.15) is 11.4 Å². The van der Waals surface area contributed by atoms with Crippen LogP contribution >= 0.6 is 0 Å². The lowest BCUT2D eigenvalue weighted by Gasteiger charge is -2.47. The van der Waals surface area contributed by atoms with Gasteiger partial charge in [0, 0.05) is 37.2 Å². The van der Waals surface area contributed by atoms with Crippen molar-refractivity contribution >= 4 is 17.8 Å². The molecular formula is C32H37F3N2O5. The Morgan fingerprint density at radius 1 is 0.905 bits per heavy atom. The molecule has 3 heterocycles. The number of esters is 2. The van der Waals surface area contributed by atoms with Gasteiger partial charge in [-0.15, -0.1) is 0 Å². The Labute approximate surface area is 243 Å². The van der Waals surface area contributed by atoms with Gasteiger partial charge in [0.2, 0.25) is 0 Å². The van der Waals surface area contributed by atoms with Crippen LogP contribution in [0, 0.1) is 5.41 Å². The van der Waals surface area contributed by atoms with E-state index in [1.165, 1.54) is 11.1 Å². The minimum Gasteiger partial charge on any atom is -0.487 e. The minimum absolute atomic E-state index is 0.00729. The molecule has 7 nitrogen and oxygen atoms in total. The second kappa shape index (κ2) is 11.7. The Morgan fingerprint density at radius 3 is 2.24 bits per heavy atom.